The molecule has 0 atom stereocenters. The molecule has 0 saturated carbocycles. The van der Waals surface area contributed by atoms with E-state index in [9.17, 15) is 5.26 Å². The summed E-state index contributed by atoms with van der Waals surface area (Å²) in [5, 5.41) is 18.2. The maximum absolute atomic E-state index is 9.89. The minimum absolute atomic E-state index is 0.630. The molecule has 0 fully saturated rings. The predicted molar refractivity (Wildman–Crippen MR) is 224 cm³/mol. The van der Waals surface area contributed by atoms with E-state index in [1.807, 2.05) is 30.3 Å². The molecule has 0 bridgehead atoms. The summed E-state index contributed by atoms with van der Waals surface area (Å²) in [7, 11) is 0. The lowest BCUT2D eigenvalue weighted by molar-refractivity contribution is 1.18. The Bertz CT molecular complexity index is 3320. The third kappa shape index (κ3) is 4.46. The molecule has 0 amide bonds. The van der Waals surface area contributed by atoms with E-state index in [2.05, 4.69) is 167 Å². The van der Waals surface area contributed by atoms with Crippen LogP contribution in [0.4, 0.5) is 0 Å². The fourth-order valence-corrected chi connectivity index (χ4v) is 8.55. The first-order valence-corrected chi connectivity index (χ1v) is 18.2. The van der Waals surface area contributed by atoms with Crippen molar-refractivity contribution < 1.29 is 0 Å². The van der Waals surface area contributed by atoms with Gasteiger partial charge in [0.1, 0.15) is 0 Å². The molecular weight excluding hydrogens is 657 g/mol. The molecule has 8 aromatic carbocycles. The van der Waals surface area contributed by atoms with Crippen LogP contribution < -0.4 is 0 Å². The monoisotopic (exact) mass is 686 g/mol. The van der Waals surface area contributed by atoms with Gasteiger partial charge in [-0.1, -0.05) is 115 Å². The van der Waals surface area contributed by atoms with Crippen LogP contribution in [0.5, 0.6) is 0 Å². The van der Waals surface area contributed by atoms with Crippen molar-refractivity contribution >= 4 is 65.3 Å². The summed E-state index contributed by atoms with van der Waals surface area (Å²) in [6.45, 7) is 0. The second kappa shape index (κ2) is 11.8. The molecule has 54 heavy (non-hydrogen) atoms. The van der Waals surface area contributed by atoms with Crippen LogP contribution >= 0.6 is 0 Å². The Morgan fingerprint density at radius 3 is 1.89 bits per heavy atom. The predicted octanol–water partition coefficient (Wildman–Crippen LogP) is 12.8. The van der Waals surface area contributed by atoms with Crippen molar-refractivity contribution in [3.05, 3.63) is 188 Å². The van der Waals surface area contributed by atoms with Crippen LogP contribution in [0.2, 0.25) is 0 Å². The van der Waals surface area contributed by atoms with Crippen molar-refractivity contribution in [1.29, 1.82) is 5.26 Å². The number of benzene rings is 8. The molecule has 11 aromatic rings. The second-order valence-corrected chi connectivity index (χ2v) is 13.9. The minimum Gasteiger partial charge on any atom is -0.309 e. The van der Waals surface area contributed by atoms with Gasteiger partial charge >= 0.3 is 0 Å². The number of nitriles is 1. The molecule has 0 saturated heterocycles. The standard InChI is InChI=1S/C50H30N4/c51-31-35-30-44(52-43-18-8-6-14-38(35)43)33-21-25-37(26-22-33)54-45-19-9-7-16-41(45)49-40(17-10-20-47(49)54)34-24-27-46-42(29-34)50-39-15-5-4-11-32(39)23-28-48(50)53(46)36-12-2-1-3-13-36/h1-30H. The third-order valence-corrected chi connectivity index (χ3v) is 10.9. The van der Waals surface area contributed by atoms with Crippen LogP contribution in [0.3, 0.4) is 0 Å². The summed E-state index contributed by atoms with van der Waals surface area (Å²) in [6.07, 6.45) is 0. The van der Waals surface area contributed by atoms with Gasteiger partial charge in [-0.25, -0.2) is 4.98 Å². The summed E-state index contributed by atoms with van der Waals surface area (Å²) >= 11 is 0. The quantitative estimate of drug-likeness (QED) is 0.185. The van der Waals surface area contributed by atoms with E-state index < -0.39 is 0 Å². The van der Waals surface area contributed by atoms with Crippen molar-refractivity contribution in [2.75, 3.05) is 0 Å². The van der Waals surface area contributed by atoms with Gasteiger partial charge in [0, 0.05) is 43.9 Å². The minimum atomic E-state index is 0.630. The molecule has 0 N–H and O–H groups in total. The highest BCUT2D eigenvalue weighted by Crippen LogP contribution is 2.42. The summed E-state index contributed by atoms with van der Waals surface area (Å²) in [4.78, 5) is 4.91. The molecule has 4 heteroatoms. The van der Waals surface area contributed by atoms with Gasteiger partial charge in [-0.05, 0) is 88.6 Å². The second-order valence-electron chi connectivity index (χ2n) is 13.9. The zero-order valence-corrected chi connectivity index (χ0v) is 29.1. The largest absolute Gasteiger partial charge is 0.309 e. The average molecular weight is 687 g/mol. The molecule has 3 aromatic heterocycles. The SMILES string of the molecule is N#Cc1cc(-c2ccc(-n3c4ccccc4c4c(-c5ccc6c(c5)c5c7ccccc7ccc5n6-c5ccccc5)cccc43)cc2)nc2ccccc12. The van der Waals surface area contributed by atoms with E-state index in [0.717, 1.165) is 44.6 Å². The molecule has 0 aliphatic heterocycles. The lowest BCUT2D eigenvalue weighted by Gasteiger charge is -2.11. The van der Waals surface area contributed by atoms with E-state index in [1.165, 1.54) is 54.5 Å². The number of para-hydroxylation sites is 3. The van der Waals surface area contributed by atoms with Crippen LogP contribution in [0.15, 0.2) is 182 Å². The molecule has 4 nitrogen and oxygen atoms in total. The molecule has 0 aliphatic rings. The number of pyridine rings is 1. The van der Waals surface area contributed by atoms with Gasteiger partial charge in [-0.2, -0.15) is 5.26 Å². The molecule has 0 spiro atoms. The Balaban J connectivity index is 1.11. The number of hydrogen-bond donors (Lipinski definition) is 0. The summed E-state index contributed by atoms with van der Waals surface area (Å²) in [5.74, 6) is 0. The highest BCUT2D eigenvalue weighted by molar-refractivity contribution is 6.23. The van der Waals surface area contributed by atoms with E-state index in [4.69, 9.17) is 4.98 Å². The van der Waals surface area contributed by atoms with E-state index in [-0.39, 0.29) is 0 Å². The first-order valence-electron chi connectivity index (χ1n) is 18.2. The van der Waals surface area contributed by atoms with Crippen molar-refractivity contribution in [1.82, 2.24) is 14.1 Å². The van der Waals surface area contributed by atoms with Gasteiger partial charge < -0.3 is 9.13 Å². The van der Waals surface area contributed by atoms with Gasteiger partial charge in [0.15, 0.2) is 0 Å². The smallest absolute Gasteiger partial charge is 0.0999 e. The van der Waals surface area contributed by atoms with Crippen LogP contribution in [0.25, 0.3) is 99.0 Å². The van der Waals surface area contributed by atoms with E-state index >= 15 is 0 Å². The molecule has 11 rings (SSSR count). The number of fused-ring (bicyclic) bond motifs is 9. The Morgan fingerprint density at radius 2 is 1.06 bits per heavy atom. The molecule has 3 heterocycles. The highest BCUT2D eigenvalue weighted by atomic mass is 15.0. The first kappa shape index (κ1) is 30.2. The van der Waals surface area contributed by atoms with Crippen LogP contribution in [-0.4, -0.2) is 14.1 Å². The highest BCUT2D eigenvalue weighted by Gasteiger charge is 2.19. The van der Waals surface area contributed by atoms with E-state index in [1.54, 1.807) is 0 Å². The van der Waals surface area contributed by atoms with Gasteiger partial charge in [0.05, 0.1) is 44.9 Å². The van der Waals surface area contributed by atoms with Gasteiger partial charge in [-0.15, -0.1) is 0 Å². The summed E-state index contributed by atoms with van der Waals surface area (Å²) < 4.78 is 4.76. The molecule has 0 unspecified atom stereocenters. The summed E-state index contributed by atoms with van der Waals surface area (Å²) in [5.41, 5.74) is 12.5. The number of aromatic nitrogens is 3. The lowest BCUT2D eigenvalue weighted by Crippen LogP contribution is -1.95. The fourth-order valence-electron chi connectivity index (χ4n) is 8.55. The van der Waals surface area contributed by atoms with Crippen molar-refractivity contribution in [2.45, 2.75) is 0 Å². The van der Waals surface area contributed by atoms with Gasteiger partial charge in [-0.3, -0.25) is 0 Å². The van der Waals surface area contributed by atoms with Crippen LogP contribution in [0.1, 0.15) is 5.56 Å². The fraction of sp³-hybridized carbons (Fsp3) is 0. The molecule has 250 valence electrons. The maximum atomic E-state index is 9.89. The third-order valence-electron chi connectivity index (χ3n) is 10.9. The topological polar surface area (TPSA) is 46.5 Å². The first-order chi connectivity index (χ1) is 26.7. The van der Waals surface area contributed by atoms with Crippen molar-refractivity contribution in [3.63, 3.8) is 0 Å². The van der Waals surface area contributed by atoms with Crippen LogP contribution in [0, 0.1) is 11.3 Å². The van der Waals surface area contributed by atoms with Crippen molar-refractivity contribution in [2.24, 2.45) is 0 Å². The Hall–Kier alpha value is -7.48. The lowest BCUT2D eigenvalue weighted by atomic mass is 9.97. The number of hydrogen-bond acceptors (Lipinski definition) is 2. The maximum Gasteiger partial charge on any atom is 0.0999 e. The Morgan fingerprint density at radius 1 is 0.426 bits per heavy atom. The Labute approximate surface area is 311 Å². The normalized spacial score (nSPS) is 11.7. The number of nitrogens with zero attached hydrogens (tertiary/aromatic N) is 4. The molecule has 0 radical (unpaired) electrons. The molecule has 0 aliphatic carbocycles. The van der Waals surface area contributed by atoms with Crippen molar-refractivity contribution in [3.8, 4) is 39.8 Å². The Kier molecular flexibility index (Phi) is 6.58. The van der Waals surface area contributed by atoms with Crippen LogP contribution in [-0.2, 0) is 0 Å². The zero-order valence-electron chi connectivity index (χ0n) is 29.1. The zero-order chi connectivity index (χ0) is 35.8. The van der Waals surface area contributed by atoms with E-state index in [0.29, 0.717) is 5.56 Å². The van der Waals surface area contributed by atoms with Gasteiger partial charge in [0.25, 0.3) is 0 Å². The number of rotatable bonds is 4. The molecular formula is C50H30N4. The van der Waals surface area contributed by atoms with Gasteiger partial charge in [0.2, 0.25) is 0 Å². The summed E-state index contributed by atoms with van der Waals surface area (Å²) in [6, 6.07) is 66.8. The average Bonchev–Trinajstić information content (AvgIpc) is 3.76.